The van der Waals surface area contributed by atoms with E-state index in [-0.39, 0.29) is 23.0 Å². The normalized spacial score (nSPS) is 11.3. The quantitative estimate of drug-likeness (QED) is 0.0412. The summed E-state index contributed by atoms with van der Waals surface area (Å²) in [6.45, 7) is 10.5. The second-order valence-electron chi connectivity index (χ2n) is 31.8. The van der Waals surface area contributed by atoms with Gasteiger partial charge in [0.1, 0.15) is 23.0 Å². The largest absolute Gasteiger partial charge is 0.507 e. The second-order valence-corrected chi connectivity index (χ2v) is 31.8. The van der Waals surface area contributed by atoms with Gasteiger partial charge in [0.25, 0.3) is 0 Å². The molecule has 22 rings (SSSR count). The summed E-state index contributed by atoms with van der Waals surface area (Å²) in [5.41, 5.74) is 9.45. The summed E-state index contributed by atoms with van der Waals surface area (Å²) in [6.07, 6.45) is 3.51. The van der Waals surface area contributed by atoms with Gasteiger partial charge < -0.3 is 39.4 Å². The zero-order chi connectivity index (χ0) is 88.6. The first-order valence-electron chi connectivity index (χ1n) is 44.0. The standard InChI is InChI=1S/C31H24N2O2.C29H22N2O2.2C27H22N2O2/c1-2-17-35-30-19-28(32-31(33-30)25-13-7-8-14-29(25)34)27-18-26-21-10-4-3-9-20(21)15-16-24(26)22-11-5-6-12-23(22)27;1-2-16-33-26-17-24(30-29(31-26)23-8-3-4-9-25(23)32)21-14-12-20-11-10-18-6-5-7-19-13-15-22(21)28(20)27(18)19;1-2-15-31-25-17-23(28-27(29-25)22-13-7-8-14-24(22)30)26-20-11-5-3-9-18(20)16-19-10-4-6-12-21(19)26;1-2-15-31-26-17-24(28-27(29-26)22-13-7-8-14-25(22)30)23-16-18-9-3-4-10-19(18)20-11-5-6-12-21(20)23/h3-16,18-19,34H,2,17H2,1H3;3-15,17,32H,2,16H2,1H3;2*3-14,16-17,30H,2,15H2,1H3. The Balaban J connectivity index is 0.000000112. The molecule has 0 radical (unpaired) electrons. The molecule has 0 spiro atoms. The Hall–Kier alpha value is -16.5. The van der Waals surface area contributed by atoms with E-state index >= 15 is 0 Å². The van der Waals surface area contributed by atoms with E-state index in [1.54, 1.807) is 48.5 Å². The van der Waals surface area contributed by atoms with E-state index in [1.807, 2.05) is 109 Å². The van der Waals surface area contributed by atoms with Crippen LogP contribution < -0.4 is 18.9 Å². The molecule has 0 aliphatic rings. The zero-order valence-electron chi connectivity index (χ0n) is 72.1. The first-order chi connectivity index (χ1) is 63.9. The molecule has 4 aromatic heterocycles. The molecule has 18 aromatic carbocycles. The van der Waals surface area contributed by atoms with Crippen LogP contribution in [-0.4, -0.2) is 86.7 Å². The average Bonchev–Trinajstić information content (AvgIpc) is 0.742. The third-order valence-corrected chi connectivity index (χ3v) is 23.1. The number of hydrogen-bond donors (Lipinski definition) is 4. The molecule has 0 bridgehead atoms. The van der Waals surface area contributed by atoms with Gasteiger partial charge in [0.15, 0.2) is 23.3 Å². The Morgan fingerprint density at radius 3 is 0.923 bits per heavy atom. The van der Waals surface area contributed by atoms with Crippen LogP contribution in [0.3, 0.4) is 0 Å². The molecule has 0 aliphatic carbocycles. The minimum absolute atomic E-state index is 0.139. The number of hydrogen-bond acceptors (Lipinski definition) is 16. The molecule has 0 fully saturated rings. The van der Waals surface area contributed by atoms with Gasteiger partial charge in [-0.15, -0.1) is 0 Å². The molecule has 0 saturated carbocycles. The maximum absolute atomic E-state index is 10.5. The van der Waals surface area contributed by atoms with Crippen LogP contribution in [0.25, 0.3) is 198 Å². The lowest BCUT2D eigenvalue weighted by Crippen LogP contribution is -2.01. The molecule has 0 amide bonds. The fourth-order valence-electron chi connectivity index (χ4n) is 17.1. The number of aromatic nitrogens is 8. The highest BCUT2D eigenvalue weighted by Crippen LogP contribution is 2.46. The van der Waals surface area contributed by atoms with Crippen molar-refractivity contribution in [2.24, 2.45) is 0 Å². The third kappa shape index (κ3) is 17.0. The molecule has 0 unspecified atom stereocenters. The molecule has 4 N–H and O–H groups in total. The fraction of sp³-hybridized carbons (Fsp3) is 0.105. The van der Waals surface area contributed by atoms with Crippen molar-refractivity contribution in [2.45, 2.75) is 53.4 Å². The van der Waals surface area contributed by atoms with Crippen molar-refractivity contribution in [3.63, 3.8) is 0 Å². The van der Waals surface area contributed by atoms with Gasteiger partial charge in [-0.05, 0) is 200 Å². The maximum Gasteiger partial charge on any atom is 0.217 e. The SMILES string of the molecule is CCCOc1cc(-c2c3ccccc3cc3ccccc23)nc(-c2ccccc2O)n1.CCCOc1cc(-c2cc3c4ccccc4ccc3c3ccccc23)nc(-c2ccccc2O)n1.CCCOc1cc(-c2cc3ccccc3c3ccccc23)nc(-c2ccccc2O)n1.CCCOc1cc(-c2ccc3ccc4cccc5ccc2c3c45)nc(-c2ccccc2O)n1. The topological polar surface area (TPSA) is 221 Å². The van der Waals surface area contributed by atoms with Crippen LogP contribution in [0.15, 0.2) is 352 Å². The Labute approximate surface area is 751 Å². The number of rotatable bonds is 20. The maximum atomic E-state index is 10.5. The number of phenols is 4. The summed E-state index contributed by atoms with van der Waals surface area (Å²) in [4.78, 5) is 37.9. The molecule has 22 aromatic rings. The van der Waals surface area contributed by atoms with Crippen molar-refractivity contribution in [3.05, 3.63) is 352 Å². The minimum atomic E-state index is 0.139. The van der Waals surface area contributed by atoms with Gasteiger partial charge in [-0.3, -0.25) is 0 Å². The molecule has 0 aliphatic heterocycles. The monoisotopic (exact) mass is 1700 g/mol. The van der Waals surface area contributed by atoms with Crippen molar-refractivity contribution < 1.29 is 39.4 Å². The Morgan fingerprint density at radius 1 is 0.192 bits per heavy atom. The molecule has 0 atom stereocenters. The van der Waals surface area contributed by atoms with Crippen LogP contribution in [0.5, 0.6) is 46.5 Å². The number of para-hydroxylation sites is 4. The molecular weight excluding hydrogens is 1610 g/mol. The van der Waals surface area contributed by atoms with E-state index < -0.39 is 0 Å². The Morgan fingerprint density at radius 2 is 0.485 bits per heavy atom. The van der Waals surface area contributed by atoms with Crippen molar-refractivity contribution in [1.82, 2.24) is 39.9 Å². The average molecular weight is 1700 g/mol. The van der Waals surface area contributed by atoms with Crippen LogP contribution >= 0.6 is 0 Å². The first kappa shape index (κ1) is 83.1. The Bertz CT molecular complexity index is 7900. The van der Waals surface area contributed by atoms with E-state index in [0.29, 0.717) is 95.5 Å². The van der Waals surface area contributed by atoms with E-state index in [9.17, 15) is 20.4 Å². The highest BCUT2D eigenvalue weighted by molar-refractivity contribution is 6.26. The van der Waals surface area contributed by atoms with Gasteiger partial charge in [-0.25, -0.2) is 19.9 Å². The van der Waals surface area contributed by atoms with Gasteiger partial charge in [-0.2, -0.15) is 19.9 Å². The number of phenolic OH excluding ortho intramolecular Hbond substituents is 4. The van der Waals surface area contributed by atoms with Gasteiger partial charge >= 0.3 is 0 Å². The summed E-state index contributed by atoms with van der Waals surface area (Å²) >= 11 is 0. The summed E-state index contributed by atoms with van der Waals surface area (Å²) in [7, 11) is 0. The molecule has 16 heteroatoms. The van der Waals surface area contributed by atoms with E-state index in [2.05, 4.69) is 242 Å². The number of aromatic hydroxyl groups is 4. The highest BCUT2D eigenvalue weighted by atomic mass is 16.5. The summed E-state index contributed by atoms with van der Waals surface area (Å²) in [5.74, 6) is 4.35. The smallest absolute Gasteiger partial charge is 0.217 e. The lowest BCUT2D eigenvalue weighted by molar-refractivity contribution is 0.305. The van der Waals surface area contributed by atoms with E-state index in [4.69, 9.17) is 38.9 Å². The minimum Gasteiger partial charge on any atom is -0.507 e. The third-order valence-electron chi connectivity index (χ3n) is 23.1. The summed E-state index contributed by atoms with van der Waals surface area (Å²) in [5, 5.41) is 65.3. The van der Waals surface area contributed by atoms with Gasteiger partial charge in [0.05, 0.1) is 71.5 Å². The molecule has 0 saturated heterocycles. The number of nitrogens with zero attached hydrogens (tertiary/aromatic N) is 8. The molecular formula is C114H90N8O8. The predicted octanol–water partition coefficient (Wildman–Crippen LogP) is 28.2. The van der Waals surface area contributed by atoms with Crippen LogP contribution in [-0.2, 0) is 0 Å². The highest BCUT2D eigenvalue weighted by Gasteiger charge is 2.23. The van der Waals surface area contributed by atoms with Crippen molar-refractivity contribution in [1.29, 1.82) is 0 Å². The fourth-order valence-corrected chi connectivity index (χ4v) is 17.1. The van der Waals surface area contributed by atoms with Crippen LogP contribution in [0.1, 0.15) is 53.4 Å². The predicted molar refractivity (Wildman–Crippen MR) is 528 cm³/mol. The molecule has 16 nitrogen and oxygen atoms in total. The van der Waals surface area contributed by atoms with Crippen molar-refractivity contribution in [2.75, 3.05) is 26.4 Å². The summed E-state index contributed by atoms with van der Waals surface area (Å²) < 4.78 is 23.7. The second kappa shape index (κ2) is 37.4. The summed E-state index contributed by atoms with van der Waals surface area (Å²) in [6, 6.07) is 117. The van der Waals surface area contributed by atoms with Crippen molar-refractivity contribution in [3.8, 4) is 137 Å². The number of ether oxygens (including phenoxy) is 4. The van der Waals surface area contributed by atoms with Gasteiger partial charge in [-0.1, -0.05) is 289 Å². The number of fused-ring (bicyclic) bond motifs is 10. The van der Waals surface area contributed by atoms with Crippen LogP contribution in [0, 0.1) is 0 Å². The van der Waals surface area contributed by atoms with Crippen LogP contribution in [0.4, 0.5) is 0 Å². The van der Waals surface area contributed by atoms with Gasteiger partial charge in [0.2, 0.25) is 23.5 Å². The Kier molecular flexibility index (Phi) is 23.9. The lowest BCUT2D eigenvalue weighted by atomic mass is 9.91. The van der Waals surface area contributed by atoms with Crippen molar-refractivity contribution >= 4 is 108 Å². The molecule has 130 heavy (non-hydrogen) atoms. The first-order valence-corrected chi connectivity index (χ1v) is 44.0. The van der Waals surface area contributed by atoms with Crippen LogP contribution in [0.2, 0.25) is 0 Å². The molecule has 4 heterocycles. The molecule has 634 valence electrons. The van der Waals surface area contributed by atoms with E-state index in [1.165, 1.54) is 64.6 Å². The lowest BCUT2D eigenvalue weighted by Gasteiger charge is -2.15. The van der Waals surface area contributed by atoms with Gasteiger partial charge in [0, 0.05) is 46.5 Å². The number of benzene rings is 18. The van der Waals surface area contributed by atoms with E-state index in [0.717, 1.165) is 114 Å². The zero-order valence-corrected chi connectivity index (χ0v) is 72.1.